The molecule has 3 aromatic rings. The summed E-state index contributed by atoms with van der Waals surface area (Å²) in [6.07, 6.45) is 0. The van der Waals surface area contributed by atoms with Crippen LogP contribution in [0.25, 0.3) is 5.69 Å². The predicted molar refractivity (Wildman–Crippen MR) is 103 cm³/mol. The largest absolute Gasteiger partial charge is 0.538 e. The lowest BCUT2D eigenvalue weighted by atomic mass is 10.1. The molecule has 0 bridgehead atoms. The maximum Gasteiger partial charge on any atom is 0.298 e. The summed E-state index contributed by atoms with van der Waals surface area (Å²) in [6.45, 7) is 1.62. The number of para-hydroxylation sites is 1. The zero-order valence-electron chi connectivity index (χ0n) is 15.6. The molecule has 9 nitrogen and oxygen atoms in total. The highest BCUT2D eigenvalue weighted by molar-refractivity contribution is 8.00. The lowest BCUT2D eigenvalue weighted by molar-refractivity contribution is -0.705. The van der Waals surface area contributed by atoms with Gasteiger partial charge >= 0.3 is 0 Å². The van der Waals surface area contributed by atoms with Crippen LogP contribution < -0.4 is 25.6 Å². The Balaban J connectivity index is 1.79. The molecule has 1 heterocycles. The van der Waals surface area contributed by atoms with Crippen LogP contribution in [0.5, 0.6) is 11.7 Å². The van der Waals surface area contributed by atoms with Crippen molar-refractivity contribution in [2.75, 3.05) is 12.4 Å². The fourth-order valence-electron chi connectivity index (χ4n) is 2.49. The molecule has 0 saturated heterocycles. The SMILES string of the molecule is COc1ccc(-[n+]2noc([O-])c2SC(C)C(=O)Nc2ccccc2C(N)=O)cc1. The summed E-state index contributed by atoms with van der Waals surface area (Å²) < 4.78 is 11.2. The minimum atomic E-state index is -0.687. The van der Waals surface area contributed by atoms with Gasteiger partial charge in [0.05, 0.1) is 28.9 Å². The molecule has 1 aromatic heterocycles. The number of carbonyl (C=O) groups is 2. The number of benzene rings is 2. The normalized spacial score (nSPS) is 11.7. The van der Waals surface area contributed by atoms with E-state index in [1.807, 2.05) is 0 Å². The second kappa shape index (κ2) is 8.65. The standard InChI is InChI=1S/C19H18N4O5S/c1-11(17(25)21-15-6-4-3-5-14(15)16(20)24)29-18-19(26)28-22-23(18)12-7-9-13(27-2)10-8-12/h3-11H,1-2H3,(H3-,20,21,22,24,25,26). The molecule has 1 unspecified atom stereocenters. The van der Waals surface area contributed by atoms with Gasteiger partial charge in [-0.05, 0) is 47.6 Å². The van der Waals surface area contributed by atoms with Crippen molar-refractivity contribution >= 4 is 29.3 Å². The molecule has 3 N–H and O–H groups in total. The van der Waals surface area contributed by atoms with Crippen LogP contribution in [-0.4, -0.2) is 29.4 Å². The fraction of sp³-hybridized carbons (Fsp3) is 0.158. The highest BCUT2D eigenvalue weighted by atomic mass is 32.2. The predicted octanol–water partition coefficient (Wildman–Crippen LogP) is 1.25. The molecule has 0 fully saturated rings. The van der Waals surface area contributed by atoms with E-state index in [4.69, 9.17) is 15.0 Å². The molecule has 0 aliphatic carbocycles. The molecular formula is C19H18N4O5S. The number of nitrogens with zero attached hydrogens (tertiary/aromatic N) is 2. The molecule has 10 heteroatoms. The Morgan fingerprint density at radius 1 is 1.24 bits per heavy atom. The van der Waals surface area contributed by atoms with Crippen LogP contribution >= 0.6 is 11.8 Å². The monoisotopic (exact) mass is 414 g/mol. The number of hydrogen-bond donors (Lipinski definition) is 2. The van der Waals surface area contributed by atoms with E-state index in [1.54, 1.807) is 56.5 Å². The van der Waals surface area contributed by atoms with E-state index >= 15 is 0 Å². The highest BCUT2D eigenvalue weighted by Crippen LogP contribution is 2.28. The van der Waals surface area contributed by atoms with Crippen molar-refractivity contribution in [2.45, 2.75) is 17.2 Å². The van der Waals surface area contributed by atoms with Crippen LogP contribution in [-0.2, 0) is 4.79 Å². The van der Waals surface area contributed by atoms with Gasteiger partial charge in [-0.15, -0.1) is 0 Å². The number of thioether (sulfide) groups is 1. The smallest absolute Gasteiger partial charge is 0.298 e. The first-order chi connectivity index (χ1) is 13.9. The maximum absolute atomic E-state index is 12.6. The van der Waals surface area contributed by atoms with E-state index in [2.05, 4.69) is 10.6 Å². The molecule has 0 radical (unpaired) electrons. The molecule has 0 saturated carbocycles. The van der Waals surface area contributed by atoms with Gasteiger partial charge in [0.2, 0.25) is 11.6 Å². The van der Waals surface area contributed by atoms with Crippen LogP contribution in [0.2, 0.25) is 0 Å². The Hall–Kier alpha value is -3.53. The van der Waals surface area contributed by atoms with E-state index in [-0.39, 0.29) is 10.6 Å². The van der Waals surface area contributed by atoms with Crippen molar-refractivity contribution in [3.63, 3.8) is 0 Å². The topological polar surface area (TPSA) is 134 Å². The second-order valence-corrected chi connectivity index (χ2v) is 7.26. The first kappa shape index (κ1) is 20.2. The van der Waals surface area contributed by atoms with Crippen LogP contribution in [0.3, 0.4) is 0 Å². The van der Waals surface area contributed by atoms with Gasteiger partial charge in [0, 0.05) is 12.1 Å². The zero-order valence-corrected chi connectivity index (χ0v) is 16.4. The van der Waals surface area contributed by atoms with Crippen molar-refractivity contribution in [3.8, 4) is 17.4 Å². The lowest BCUT2D eigenvalue weighted by Gasteiger charge is -2.12. The van der Waals surface area contributed by atoms with E-state index in [0.717, 1.165) is 11.8 Å². The molecular weight excluding hydrogens is 396 g/mol. The van der Waals surface area contributed by atoms with Crippen molar-refractivity contribution in [2.24, 2.45) is 5.73 Å². The van der Waals surface area contributed by atoms with Gasteiger partial charge < -0.3 is 25.4 Å². The first-order valence-corrected chi connectivity index (χ1v) is 9.38. The average molecular weight is 414 g/mol. The van der Waals surface area contributed by atoms with Crippen molar-refractivity contribution in [1.29, 1.82) is 0 Å². The molecule has 150 valence electrons. The van der Waals surface area contributed by atoms with E-state index in [9.17, 15) is 14.7 Å². The summed E-state index contributed by atoms with van der Waals surface area (Å²) in [7, 11) is 1.55. The Bertz CT molecular complexity index is 1040. The minimum absolute atomic E-state index is 0.140. The average Bonchev–Trinajstić information content (AvgIpc) is 3.08. The van der Waals surface area contributed by atoms with Gasteiger partial charge in [0.25, 0.3) is 10.9 Å². The van der Waals surface area contributed by atoms with Gasteiger partial charge in [0.15, 0.2) is 5.95 Å². The van der Waals surface area contributed by atoms with Gasteiger partial charge in [-0.3, -0.25) is 9.59 Å². The molecule has 1 atom stereocenters. The molecule has 3 rings (SSSR count). The van der Waals surface area contributed by atoms with Crippen molar-refractivity contribution < 1.29 is 28.6 Å². The molecule has 0 spiro atoms. The quantitative estimate of drug-likeness (QED) is 0.439. The van der Waals surface area contributed by atoms with Gasteiger partial charge in [-0.25, -0.2) is 0 Å². The molecule has 2 amide bonds. The number of anilines is 1. The number of nitrogens with two attached hydrogens (primary N) is 1. The summed E-state index contributed by atoms with van der Waals surface area (Å²) in [5.74, 6) is -1.08. The third kappa shape index (κ3) is 4.49. The molecule has 29 heavy (non-hydrogen) atoms. The van der Waals surface area contributed by atoms with E-state index < -0.39 is 23.0 Å². The van der Waals surface area contributed by atoms with E-state index in [0.29, 0.717) is 17.1 Å². The number of rotatable bonds is 7. The van der Waals surface area contributed by atoms with Crippen LogP contribution in [0.4, 0.5) is 5.69 Å². The number of nitrogens with one attached hydrogen (secondary N) is 1. The van der Waals surface area contributed by atoms with Crippen LogP contribution in [0, 0.1) is 0 Å². The summed E-state index contributed by atoms with van der Waals surface area (Å²) >= 11 is 0.985. The lowest BCUT2D eigenvalue weighted by Crippen LogP contribution is -2.36. The summed E-state index contributed by atoms with van der Waals surface area (Å²) in [5.41, 5.74) is 6.40. The highest BCUT2D eigenvalue weighted by Gasteiger charge is 2.27. The Kier molecular flexibility index (Phi) is 6.03. The summed E-state index contributed by atoms with van der Waals surface area (Å²) in [5, 5.41) is 18.0. The first-order valence-electron chi connectivity index (χ1n) is 8.50. The van der Waals surface area contributed by atoms with Crippen molar-refractivity contribution in [1.82, 2.24) is 5.27 Å². The Morgan fingerprint density at radius 3 is 2.59 bits per heavy atom. The number of amides is 2. The van der Waals surface area contributed by atoms with Gasteiger partial charge in [0.1, 0.15) is 5.75 Å². The Morgan fingerprint density at radius 2 is 1.93 bits per heavy atom. The summed E-state index contributed by atoms with van der Waals surface area (Å²) in [6, 6.07) is 13.3. The molecule has 0 aliphatic heterocycles. The number of aromatic nitrogens is 2. The third-order valence-electron chi connectivity index (χ3n) is 4.00. The van der Waals surface area contributed by atoms with Crippen LogP contribution in [0.15, 0.2) is 58.1 Å². The Labute approximate surface area is 170 Å². The molecule has 0 aliphatic rings. The number of hydrogen-bond acceptors (Lipinski definition) is 7. The van der Waals surface area contributed by atoms with Crippen LogP contribution in [0.1, 0.15) is 17.3 Å². The number of ether oxygens (including phenoxy) is 1. The number of methoxy groups -OCH3 is 1. The third-order valence-corrected chi connectivity index (χ3v) is 5.13. The van der Waals surface area contributed by atoms with E-state index in [1.165, 1.54) is 10.7 Å². The van der Waals surface area contributed by atoms with Gasteiger partial charge in [-0.2, -0.15) is 0 Å². The molecule has 2 aromatic carbocycles. The minimum Gasteiger partial charge on any atom is -0.538 e. The fourth-order valence-corrected chi connectivity index (χ4v) is 3.36. The number of primary amides is 1. The maximum atomic E-state index is 12.6. The number of carbonyl (C=O) groups excluding carboxylic acids is 2. The van der Waals surface area contributed by atoms with Gasteiger partial charge in [-0.1, -0.05) is 12.1 Å². The van der Waals surface area contributed by atoms with Crippen molar-refractivity contribution in [3.05, 3.63) is 54.1 Å². The zero-order chi connectivity index (χ0) is 21.0. The second-order valence-electron chi connectivity index (χ2n) is 5.93. The summed E-state index contributed by atoms with van der Waals surface area (Å²) in [4.78, 5) is 24.1.